The molecule has 10 nitrogen and oxygen atoms in total. The first-order valence-corrected chi connectivity index (χ1v) is 15.8. The molecular formula is C31H54N4O6. The number of amides is 4. The molecule has 0 aromatic rings. The maximum absolute atomic E-state index is 13.8. The van der Waals surface area contributed by atoms with Crippen molar-refractivity contribution < 1.29 is 28.7 Å². The van der Waals surface area contributed by atoms with Gasteiger partial charge < -0.3 is 26.0 Å². The van der Waals surface area contributed by atoms with Gasteiger partial charge in [0.25, 0.3) is 5.91 Å². The first-order valence-electron chi connectivity index (χ1n) is 15.8. The Hall–Kier alpha value is -2.65. The molecular weight excluding hydrogens is 524 g/mol. The van der Waals surface area contributed by atoms with E-state index in [2.05, 4.69) is 24.5 Å². The zero-order valence-electron chi connectivity index (χ0n) is 26.0. The maximum Gasteiger partial charge on any atom is 0.408 e. The standard InChI is InChI=1S/C28H46N4O6.C3H8/c1-28(2,3)38-27(37)31-22(19-13-8-5-9-14-19)26(36)32-16-10-15-21(32)25(35)30-20(23(33)24(29)34)17-18-11-6-4-7-12-18;1-3-2/h18-22H,4-17H2,1-3H3,(H2,29,34)(H,30,35)(H,31,37);3H2,1-2H3/t20?,21-,22-;/m0./s1. The molecule has 0 spiro atoms. The summed E-state index contributed by atoms with van der Waals surface area (Å²) in [6.45, 7) is 9.93. The highest BCUT2D eigenvalue weighted by Gasteiger charge is 2.42. The van der Waals surface area contributed by atoms with Gasteiger partial charge in [-0.3, -0.25) is 19.2 Å². The third-order valence-electron chi connectivity index (χ3n) is 8.07. The van der Waals surface area contributed by atoms with Crippen LogP contribution in [-0.2, 0) is 23.9 Å². The van der Waals surface area contributed by atoms with Gasteiger partial charge >= 0.3 is 6.09 Å². The van der Waals surface area contributed by atoms with Crippen LogP contribution in [0.5, 0.6) is 0 Å². The van der Waals surface area contributed by atoms with Crippen molar-refractivity contribution in [1.82, 2.24) is 15.5 Å². The van der Waals surface area contributed by atoms with Gasteiger partial charge in [0.1, 0.15) is 17.7 Å². The van der Waals surface area contributed by atoms with Crippen molar-refractivity contribution in [2.75, 3.05) is 6.54 Å². The predicted octanol–water partition coefficient (Wildman–Crippen LogP) is 4.38. The van der Waals surface area contributed by atoms with Crippen LogP contribution in [0.1, 0.15) is 125 Å². The van der Waals surface area contributed by atoms with Crippen LogP contribution in [0.3, 0.4) is 0 Å². The van der Waals surface area contributed by atoms with Gasteiger partial charge in [0, 0.05) is 6.54 Å². The van der Waals surface area contributed by atoms with E-state index in [1.165, 1.54) is 11.3 Å². The number of carbonyl (C=O) groups excluding carboxylic acids is 5. The summed E-state index contributed by atoms with van der Waals surface area (Å²) in [5.41, 5.74) is 4.59. The number of nitrogens with two attached hydrogens (primary N) is 1. The number of alkyl carbamates (subject to hydrolysis) is 1. The number of hydrogen-bond donors (Lipinski definition) is 3. The summed E-state index contributed by atoms with van der Waals surface area (Å²) in [4.78, 5) is 65.8. The zero-order chi connectivity index (χ0) is 30.6. The quantitative estimate of drug-likeness (QED) is 0.346. The number of likely N-dealkylation sites (tertiary alicyclic amines) is 1. The summed E-state index contributed by atoms with van der Waals surface area (Å²) < 4.78 is 5.44. The highest BCUT2D eigenvalue weighted by molar-refractivity contribution is 6.37. The van der Waals surface area contributed by atoms with E-state index in [1.807, 2.05) is 0 Å². The van der Waals surface area contributed by atoms with Crippen molar-refractivity contribution in [3.63, 3.8) is 0 Å². The van der Waals surface area contributed by atoms with Gasteiger partial charge in [-0.05, 0) is 64.7 Å². The van der Waals surface area contributed by atoms with E-state index < -0.39 is 47.4 Å². The van der Waals surface area contributed by atoms with Crippen molar-refractivity contribution in [3.8, 4) is 0 Å². The Labute approximate surface area is 246 Å². The summed E-state index contributed by atoms with van der Waals surface area (Å²) in [7, 11) is 0. The van der Waals surface area contributed by atoms with Crippen molar-refractivity contribution in [2.45, 2.75) is 148 Å². The molecule has 0 aromatic carbocycles. The highest BCUT2D eigenvalue weighted by Crippen LogP contribution is 2.30. The van der Waals surface area contributed by atoms with Crippen LogP contribution in [0, 0.1) is 11.8 Å². The van der Waals surface area contributed by atoms with E-state index in [0.717, 1.165) is 64.2 Å². The Kier molecular flexibility index (Phi) is 14.1. The molecule has 3 atom stereocenters. The van der Waals surface area contributed by atoms with Crippen LogP contribution in [0.4, 0.5) is 4.79 Å². The predicted molar refractivity (Wildman–Crippen MR) is 158 cm³/mol. The van der Waals surface area contributed by atoms with Crippen molar-refractivity contribution >= 4 is 29.6 Å². The lowest BCUT2D eigenvalue weighted by Crippen LogP contribution is -2.58. The van der Waals surface area contributed by atoms with Gasteiger partial charge in [-0.1, -0.05) is 71.6 Å². The number of nitrogens with zero attached hydrogens (tertiary/aromatic N) is 1. The minimum Gasteiger partial charge on any atom is -0.444 e. The molecule has 1 aliphatic heterocycles. The second-order valence-corrected chi connectivity index (χ2v) is 12.9. The minimum atomic E-state index is -1.07. The molecule has 3 fully saturated rings. The second-order valence-electron chi connectivity index (χ2n) is 12.9. The summed E-state index contributed by atoms with van der Waals surface area (Å²) in [6.07, 6.45) is 11.9. The number of rotatable bonds is 9. The molecule has 1 unspecified atom stereocenters. The van der Waals surface area contributed by atoms with Crippen LogP contribution < -0.4 is 16.4 Å². The Morgan fingerprint density at radius 2 is 1.41 bits per heavy atom. The molecule has 0 bridgehead atoms. The number of Topliss-reactive ketones (excluding diaryl/α,β-unsaturated/α-hetero) is 1. The fourth-order valence-corrected chi connectivity index (χ4v) is 6.19. The van der Waals surface area contributed by atoms with E-state index in [-0.39, 0.29) is 17.7 Å². The van der Waals surface area contributed by atoms with E-state index in [9.17, 15) is 24.0 Å². The number of ketones is 1. The number of primary amides is 1. The zero-order valence-corrected chi connectivity index (χ0v) is 26.0. The van der Waals surface area contributed by atoms with Crippen LogP contribution in [-0.4, -0.2) is 64.8 Å². The van der Waals surface area contributed by atoms with Gasteiger partial charge in [0.05, 0.1) is 6.04 Å². The molecule has 234 valence electrons. The molecule has 1 heterocycles. The Morgan fingerprint density at radius 3 is 1.95 bits per heavy atom. The summed E-state index contributed by atoms with van der Waals surface area (Å²) in [5, 5.41) is 5.58. The first kappa shape index (κ1) is 34.6. The van der Waals surface area contributed by atoms with Gasteiger partial charge in [-0.2, -0.15) is 0 Å². The molecule has 41 heavy (non-hydrogen) atoms. The van der Waals surface area contributed by atoms with E-state index in [0.29, 0.717) is 25.8 Å². The Balaban J connectivity index is 0.00000187. The molecule has 2 aliphatic carbocycles. The topological polar surface area (TPSA) is 148 Å². The minimum absolute atomic E-state index is 0.0384. The Morgan fingerprint density at radius 1 is 0.854 bits per heavy atom. The molecule has 4 N–H and O–H groups in total. The first-order chi connectivity index (χ1) is 19.4. The molecule has 0 radical (unpaired) electrons. The molecule has 1 saturated heterocycles. The summed E-state index contributed by atoms with van der Waals surface area (Å²) in [6, 6.07) is -2.55. The normalized spacial score (nSPS) is 21.6. The van der Waals surface area contributed by atoms with Gasteiger partial charge in [-0.15, -0.1) is 0 Å². The SMILES string of the molecule is CC(C)(C)OC(=O)N[C@H](C(=O)N1CCC[C@H]1C(=O)NC(CC1CCCCC1)C(=O)C(N)=O)C1CCCCC1.CCC. The van der Waals surface area contributed by atoms with Crippen molar-refractivity contribution in [3.05, 3.63) is 0 Å². The highest BCUT2D eigenvalue weighted by atomic mass is 16.6. The van der Waals surface area contributed by atoms with E-state index >= 15 is 0 Å². The summed E-state index contributed by atoms with van der Waals surface area (Å²) in [5.74, 6) is -2.41. The average Bonchev–Trinajstić information content (AvgIpc) is 3.41. The lowest BCUT2D eigenvalue weighted by molar-refractivity contribution is -0.143. The summed E-state index contributed by atoms with van der Waals surface area (Å²) >= 11 is 0. The third-order valence-corrected chi connectivity index (χ3v) is 8.07. The number of carbonyl (C=O) groups is 5. The lowest BCUT2D eigenvalue weighted by atomic mass is 9.83. The molecule has 2 saturated carbocycles. The van der Waals surface area contributed by atoms with Gasteiger partial charge in [0.15, 0.2) is 0 Å². The lowest BCUT2D eigenvalue weighted by Gasteiger charge is -2.35. The number of hydrogen-bond acceptors (Lipinski definition) is 6. The smallest absolute Gasteiger partial charge is 0.408 e. The largest absolute Gasteiger partial charge is 0.444 e. The van der Waals surface area contributed by atoms with Crippen LogP contribution >= 0.6 is 0 Å². The molecule has 3 rings (SSSR count). The van der Waals surface area contributed by atoms with Crippen LogP contribution in [0.25, 0.3) is 0 Å². The number of nitrogens with one attached hydrogen (secondary N) is 2. The van der Waals surface area contributed by atoms with Gasteiger partial charge in [0.2, 0.25) is 17.6 Å². The fraction of sp³-hybridized carbons (Fsp3) is 0.839. The van der Waals surface area contributed by atoms with E-state index in [1.54, 1.807) is 20.8 Å². The molecule has 4 amide bonds. The second kappa shape index (κ2) is 16.7. The van der Waals surface area contributed by atoms with Crippen molar-refractivity contribution in [1.29, 1.82) is 0 Å². The average molecular weight is 579 g/mol. The van der Waals surface area contributed by atoms with Crippen molar-refractivity contribution in [2.24, 2.45) is 17.6 Å². The molecule has 0 aromatic heterocycles. The van der Waals surface area contributed by atoms with Crippen LogP contribution in [0.15, 0.2) is 0 Å². The van der Waals surface area contributed by atoms with E-state index in [4.69, 9.17) is 10.5 Å². The molecule has 3 aliphatic rings. The van der Waals surface area contributed by atoms with Gasteiger partial charge in [-0.25, -0.2) is 4.79 Å². The Bertz CT molecular complexity index is 890. The third kappa shape index (κ3) is 11.3. The number of ether oxygens (including phenoxy) is 1. The maximum atomic E-state index is 13.8. The monoisotopic (exact) mass is 578 g/mol. The molecule has 10 heteroatoms. The van der Waals surface area contributed by atoms with Crippen LogP contribution in [0.2, 0.25) is 0 Å². The fourth-order valence-electron chi connectivity index (χ4n) is 6.19.